The molecule has 0 unspecified atom stereocenters. The molecule has 0 spiro atoms. The molecule has 0 saturated carbocycles. The largest absolute Gasteiger partial charge is 0.477 e. The van der Waals surface area contributed by atoms with Gasteiger partial charge in [-0.1, -0.05) is 0 Å². The van der Waals surface area contributed by atoms with Crippen molar-refractivity contribution in [2.24, 2.45) is 0 Å². The summed E-state index contributed by atoms with van der Waals surface area (Å²) in [7, 11) is 0. The van der Waals surface area contributed by atoms with Crippen LogP contribution in [0.5, 0.6) is 0 Å². The number of rotatable bonds is 2. The van der Waals surface area contributed by atoms with E-state index in [0.29, 0.717) is 5.00 Å². The van der Waals surface area contributed by atoms with Gasteiger partial charge in [0.15, 0.2) is 0 Å². The molecule has 0 fully saturated rings. The molecule has 1 aromatic rings. The zero-order valence-corrected chi connectivity index (χ0v) is 10.1. The Labute approximate surface area is 97.0 Å². The lowest BCUT2D eigenvalue weighted by molar-refractivity contribution is 0.0634. The van der Waals surface area contributed by atoms with Crippen LogP contribution in [0.4, 0.5) is 9.80 Å². The number of carboxylic acid groups (broad SMARTS) is 1. The standard InChI is InChI=1S/C10H13NO4S/c1-10(2,3)15-9(14)11-7-5-4-6(16-7)8(12)13/h4-5H,1-3H3,(H,11,14)(H,12,13). The molecule has 1 rings (SSSR count). The van der Waals surface area contributed by atoms with Gasteiger partial charge >= 0.3 is 12.1 Å². The van der Waals surface area contributed by atoms with E-state index in [1.54, 1.807) is 20.8 Å². The lowest BCUT2D eigenvalue weighted by atomic mass is 10.2. The van der Waals surface area contributed by atoms with Gasteiger partial charge < -0.3 is 9.84 Å². The fourth-order valence-corrected chi connectivity index (χ4v) is 1.65. The van der Waals surface area contributed by atoms with Crippen molar-refractivity contribution < 1.29 is 19.4 Å². The molecular formula is C10H13NO4S. The van der Waals surface area contributed by atoms with Gasteiger partial charge in [-0.05, 0) is 32.9 Å². The summed E-state index contributed by atoms with van der Waals surface area (Å²) in [6.07, 6.45) is -0.591. The second kappa shape index (κ2) is 4.52. The highest BCUT2D eigenvalue weighted by Gasteiger charge is 2.17. The Balaban J connectivity index is 2.60. The smallest absolute Gasteiger partial charge is 0.412 e. The molecule has 0 aromatic carbocycles. The van der Waals surface area contributed by atoms with Gasteiger partial charge in [0, 0.05) is 0 Å². The molecule has 0 atom stereocenters. The number of ether oxygens (including phenoxy) is 1. The van der Waals surface area contributed by atoms with Crippen LogP contribution in [0.2, 0.25) is 0 Å². The number of thiophene rings is 1. The summed E-state index contributed by atoms with van der Waals surface area (Å²) in [5, 5.41) is 11.6. The monoisotopic (exact) mass is 243 g/mol. The van der Waals surface area contributed by atoms with Crippen molar-refractivity contribution in [1.82, 2.24) is 0 Å². The third-order valence-electron chi connectivity index (χ3n) is 1.44. The van der Waals surface area contributed by atoms with Gasteiger partial charge in [-0.25, -0.2) is 9.59 Å². The molecule has 1 amide bonds. The Hall–Kier alpha value is -1.56. The normalized spacial score (nSPS) is 10.9. The predicted octanol–water partition coefficient (Wildman–Crippen LogP) is 2.79. The lowest BCUT2D eigenvalue weighted by Crippen LogP contribution is -2.26. The first-order chi connectivity index (χ1) is 7.28. The maximum atomic E-state index is 11.3. The Morgan fingerprint density at radius 3 is 2.44 bits per heavy atom. The van der Waals surface area contributed by atoms with Gasteiger partial charge in [-0.15, -0.1) is 11.3 Å². The molecule has 0 aliphatic carbocycles. The van der Waals surface area contributed by atoms with Crippen molar-refractivity contribution >= 4 is 28.4 Å². The van der Waals surface area contributed by atoms with Crippen molar-refractivity contribution in [1.29, 1.82) is 0 Å². The summed E-state index contributed by atoms with van der Waals surface area (Å²) in [5.74, 6) is -1.01. The van der Waals surface area contributed by atoms with Crippen LogP contribution in [-0.2, 0) is 4.74 Å². The molecule has 1 aromatic heterocycles. The molecule has 0 aliphatic heterocycles. The average molecular weight is 243 g/mol. The van der Waals surface area contributed by atoms with Crippen LogP contribution in [0.25, 0.3) is 0 Å². The number of amides is 1. The van der Waals surface area contributed by atoms with Crippen LogP contribution in [-0.4, -0.2) is 22.8 Å². The number of carboxylic acids is 1. The summed E-state index contributed by atoms with van der Waals surface area (Å²) in [6.45, 7) is 5.26. The highest BCUT2D eigenvalue weighted by atomic mass is 32.1. The predicted molar refractivity (Wildman–Crippen MR) is 61.1 cm³/mol. The van der Waals surface area contributed by atoms with Crippen molar-refractivity contribution in [3.8, 4) is 0 Å². The van der Waals surface area contributed by atoms with Gasteiger partial charge in [-0.3, -0.25) is 5.32 Å². The first-order valence-electron chi connectivity index (χ1n) is 4.61. The number of hydrogen-bond donors (Lipinski definition) is 2. The maximum Gasteiger partial charge on any atom is 0.412 e. The number of nitrogens with one attached hydrogen (secondary N) is 1. The van der Waals surface area contributed by atoms with E-state index in [1.807, 2.05) is 0 Å². The number of aromatic carboxylic acids is 1. The number of anilines is 1. The number of carbonyl (C=O) groups is 2. The fourth-order valence-electron chi connectivity index (χ4n) is 0.924. The fraction of sp³-hybridized carbons (Fsp3) is 0.400. The molecule has 2 N–H and O–H groups in total. The van der Waals surface area contributed by atoms with Crippen LogP contribution >= 0.6 is 11.3 Å². The minimum absolute atomic E-state index is 0.172. The quantitative estimate of drug-likeness (QED) is 0.837. The number of carbonyl (C=O) groups excluding carboxylic acids is 1. The van der Waals surface area contributed by atoms with E-state index in [1.165, 1.54) is 12.1 Å². The van der Waals surface area contributed by atoms with E-state index in [2.05, 4.69) is 5.32 Å². The summed E-state index contributed by atoms with van der Waals surface area (Å²) in [4.78, 5) is 22.1. The minimum Gasteiger partial charge on any atom is -0.477 e. The van der Waals surface area contributed by atoms with E-state index in [9.17, 15) is 9.59 Å². The molecule has 0 radical (unpaired) electrons. The summed E-state index contributed by atoms with van der Waals surface area (Å²) in [6, 6.07) is 2.96. The second-order valence-electron chi connectivity index (χ2n) is 4.10. The van der Waals surface area contributed by atoms with Gasteiger partial charge in [0.2, 0.25) is 0 Å². The lowest BCUT2D eigenvalue weighted by Gasteiger charge is -2.19. The molecule has 0 bridgehead atoms. The van der Waals surface area contributed by atoms with E-state index >= 15 is 0 Å². The first-order valence-corrected chi connectivity index (χ1v) is 5.43. The van der Waals surface area contributed by atoms with E-state index in [0.717, 1.165) is 11.3 Å². The zero-order chi connectivity index (χ0) is 12.3. The van der Waals surface area contributed by atoms with E-state index in [-0.39, 0.29) is 4.88 Å². The highest BCUT2D eigenvalue weighted by molar-refractivity contribution is 7.18. The van der Waals surface area contributed by atoms with E-state index < -0.39 is 17.7 Å². The third-order valence-corrected chi connectivity index (χ3v) is 2.43. The Kier molecular flexibility index (Phi) is 3.54. The molecule has 1 heterocycles. The minimum atomic E-state index is -1.01. The zero-order valence-electron chi connectivity index (χ0n) is 9.23. The summed E-state index contributed by atoms with van der Waals surface area (Å²) < 4.78 is 5.02. The molecule has 88 valence electrons. The van der Waals surface area contributed by atoms with Crippen LogP contribution < -0.4 is 5.32 Å². The van der Waals surface area contributed by atoms with Gasteiger partial charge in [0.05, 0.1) is 5.00 Å². The second-order valence-corrected chi connectivity index (χ2v) is 5.18. The molecule has 6 heteroatoms. The average Bonchev–Trinajstić information content (AvgIpc) is 2.48. The third kappa shape index (κ3) is 3.90. The SMILES string of the molecule is CC(C)(C)OC(=O)Nc1ccc(C(=O)O)s1. The molecule has 0 aliphatic rings. The number of hydrogen-bond acceptors (Lipinski definition) is 4. The van der Waals surface area contributed by atoms with Crippen LogP contribution in [0.3, 0.4) is 0 Å². The van der Waals surface area contributed by atoms with Gasteiger partial charge in [-0.2, -0.15) is 0 Å². The highest BCUT2D eigenvalue weighted by Crippen LogP contribution is 2.22. The topological polar surface area (TPSA) is 75.6 Å². The molecule has 5 nitrogen and oxygen atoms in total. The summed E-state index contributed by atoms with van der Waals surface area (Å²) in [5.41, 5.74) is -0.572. The van der Waals surface area contributed by atoms with E-state index in [4.69, 9.17) is 9.84 Å². The van der Waals surface area contributed by atoms with Crippen molar-refractivity contribution in [2.75, 3.05) is 5.32 Å². The Morgan fingerprint density at radius 1 is 1.38 bits per heavy atom. The van der Waals surface area contributed by atoms with Crippen molar-refractivity contribution in [2.45, 2.75) is 26.4 Å². The summed E-state index contributed by atoms with van der Waals surface area (Å²) >= 11 is 0.984. The van der Waals surface area contributed by atoms with Crippen LogP contribution in [0, 0.1) is 0 Å². The molecule has 16 heavy (non-hydrogen) atoms. The van der Waals surface area contributed by atoms with Gasteiger partial charge in [0.25, 0.3) is 0 Å². The van der Waals surface area contributed by atoms with Crippen molar-refractivity contribution in [3.05, 3.63) is 17.0 Å². The van der Waals surface area contributed by atoms with Gasteiger partial charge in [0.1, 0.15) is 10.5 Å². The maximum absolute atomic E-state index is 11.3. The first kappa shape index (κ1) is 12.5. The van der Waals surface area contributed by atoms with Crippen LogP contribution in [0.1, 0.15) is 30.4 Å². The van der Waals surface area contributed by atoms with Crippen molar-refractivity contribution in [3.63, 3.8) is 0 Å². The molecule has 0 saturated heterocycles. The Morgan fingerprint density at radius 2 is 2.00 bits per heavy atom. The Bertz CT molecular complexity index is 405. The van der Waals surface area contributed by atoms with Crippen LogP contribution in [0.15, 0.2) is 12.1 Å². The molecular weight excluding hydrogens is 230 g/mol.